The highest BCUT2D eigenvalue weighted by Crippen LogP contribution is 2.47. The minimum absolute atomic E-state index is 0.705. The second-order valence-electron chi connectivity index (χ2n) is 6.95. The highest BCUT2D eigenvalue weighted by Gasteiger charge is 2.44. The lowest BCUT2D eigenvalue weighted by Gasteiger charge is -2.37. The van der Waals surface area contributed by atoms with Crippen LogP contribution in [0.2, 0.25) is 0 Å². The van der Waals surface area contributed by atoms with Gasteiger partial charge in [-0.2, -0.15) is 0 Å². The van der Waals surface area contributed by atoms with E-state index in [9.17, 15) is 0 Å². The molecule has 1 heterocycles. The van der Waals surface area contributed by atoms with Crippen molar-refractivity contribution < 1.29 is 0 Å². The highest BCUT2D eigenvalue weighted by molar-refractivity contribution is 4.98. The molecular formula is C16H30N2. The molecule has 2 unspecified atom stereocenters. The van der Waals surface area contributed by atoms with Crippen LogP contribution in [0, 0.1) is 11.8 Å². The van der Waals surface area contributed by atoms with Crippen LogP contribution in [0.3, 0.4) is 0 Å². The minimum Gasteiger partial charge on any atom is -0.311 e. The Morgan fingerprint density at radius 3 is 2.17 bits per heavy atom. The fourth-order valence-corrected chi connectivity index (χ4v) is 3.84. The Balaban J connectivity index is 1.62. The Kier molecular flexibility index (Phi) is 3.95. The molecule has 1 aliphatic heterocycles. The van der Waals surface area contributed by atoms with Gasteiger partial charge in [-0.1, -0.05) is 6.92 Å². The van der Waals surface area contributed by atoms with Crippen molar-refractivity contribution in [1.82, 2.24) is 10.2 Å². The van der Waals surface area contributed by atoms with Gasteiger partial charge in [0.15, 0.2) is 0 Å². The van der Waals surface area contributed by atoms with Crippen molar-refractivity contribution in [3.05, 3.63) is 0 Å². The summed E-state index contributed by atoms with van der Waals surface area (Å²) < 4.78 is 0. The molecule has 1 N–H and O–H groups in total. The molecule has 2 atom stereocenters. The van der Waals surface area contributed by atoms with Gasteiger partial charge in [0.1, 0.15) is 0 Å². The molecule has 2 nitrogen and oxygen atoms in total. The van der Waals surface area contributed by atoms with Gasteiger partial charge in [0.2, 0.25) is 0 Å². The molecule has 3 aliphatic rings. The molecule has 0 spiro atoms. The zero-order chi connectivity index (χ0) is 12.5. The highest BCUT2D eigenvalue weighted by atomic mass is 15.2. The monoisotopic (exact) mass is 250 g/mol. The SMILES string of the molecule is CCC1CCN(C(C2CC2)C2CC2)CCC(C)N1. The minimum atomic E-state index is 0.705. The Bertz CT molecular complexity index is 258. The zero-order valence-corrected chi connectivity index (χ0v) is 12.2. The molecule has 0 amide bonds. The van der Waals surface area contributed by atoms with Gasteiger partial charge >= 0.3 is 0 Å². The first-order valence-corrected chi connectivity index (χ1v) is 8.28. The fraction of sp³-hybridized carbons (Fsp3) is 1.00. The lowest BCUT2D eigenvalue weighted by Crippen LogP contribution is -2.48. The average Bonchev–Trinajstić information content (AvgIpc) is 3.21. The van der Waals surface area contributed by atoms with Gasteiger partial charge in [-0.3, -0.25) is 4.90 Å². The van der Waals surface area contributed by atoms with Gasteiger partial charge in [-0.05, 0) is 76.8 Å². The summed E-state index contributed by atoms with van der Waals surface area (Å²) in [6.45, 7) is 7.38. The van der Waals surface area contributed by atoms with Crippen molar-refractivity contribution in [1.29, 1.82) is 0 Å². The molecule has 0 aromatic rings. The first-order valence-electron chi connectivity index (χ1n) is 8.28. The second-order valence-corrected chi connectivity index (χ2v) is 6.95. The molecule has 104 valence electrons. The molecule has 3 fully saturated rings. The Morgan fingerprint density at radius 2 is 1.61 bits per heavy atom. The third-order valence-corrected chi connectivity index (χ3v) is 5.26. The first-order chi connectivity index (χ1) is 8.78. The second kappa shape index (κ2) is 5.50. The summed E-state index contributed by atoms with van der Waals surface area (Å²) >= 11 is 0. The van der Waals surface area contributed by atoms with Crippen LogP contribution in [0.4, 0.5) is 0 Å². The number of rotatable bonds is 4. The van der Waals surface area contributed by atoms with Crippen molar-refractivity contribution in [3.8, 4) is 0 Å². The van der Waals surface area contributed by atoms with Crippen LogP contribution >= 0.6 is 0 Å². The van der Waals surface area contributed by atoms with E-state index in [2.05, 4.69) is 24.1 Å². The number of hydrogen-bond acceptors (Lipinski definition) is 2. The summed E-state index contributed by atoms with van der Waals surface area (Å²) in [4.78, 5) is 2.88. The standard InChI is InChI=1S/C16H30N2/c1-3-15-9-11-18(10-8-12(2)17-15)16(13-4-5-13)14-6-7-14/h12-17H,3-11H2,1-2H3. The molecule has 18 heavy (non-hydrogen) atoms. The van der Waals surface area contributed by atoms with E-state index in [0.717, 1.165) is 23.9 Å². The van der Waals surface area contributed by atoms with E-state index in [1.54, 1.807) is 0 Å². The lowest BCUT2D eigenvalue weighted by atomic mass is 10.00. The van der Waals surface area contributed by atoms with Crippen molar-refractivity contribution in [2.75, 3.05) is 13.1 Å². The maximum absolute atomic E-state index is 3.79. The van der Waals surface area contributed by atoms with Crippen LogP contribution in [0.15, 0.2) is 0 Å². The summed E-state index contributed by atoms with van der Waals surface area (Å²) in [6, 6.07) is 2.42. The first kappa shape index (κ1) is 12.9. The zero-order valence-electron chi connectivity index (χ0n) is 12.2. The van der Waals surface area contributed by atoms with Crippen molar-refractivity contribution in [3.63, 3.8) is 0 Å². The predicted molar refractivity (Wildman–Crippen MR) is 76.7 cm³/mol. The maximum atomic E-state index is 3.79. The van der Waals surface area contributed by atoms with Gasteiger partial charge in [-0.15, -0.1) is 0 Å². The van der Waals surface area contributed by atoms with E-state index < -0.39 is 0 Å². The third-order valence-electron chi connectivity index (χ3n) is 5.26. The smallest absolute Gasteiger partial charge is 0.0152 e. The van der Waals surface area contributed by atoms with Gasteiger partial charge in [0.25, 0.3) is 0 Å². The van der Waals surface area contributed by atoms with Gasteiger partial charge in [0.05, 0.1) is 0 Å². The van der Waals surface area contributed by atoms with Crippen LogP contribution in [-0.4, -0.2) is 36.1 Å². The predicted octanol–water partition coefficient (Wildman–Crippen LogP) is 3.03. The van der Waals surface area contributed by atoms with Crippen LogP contribution < -0.4 is 5.32 Å². The Morgan fingerprint density at radius 1 is 1.00 bits per heavy atom. The molecule has 3 rings (SSSR count). The van der Waals surface area contributed by atoms with Crippen LogP contribution in [0.5, 0.6) is 0 Å². The normalized spacial score (nSPS) is 35.5. The molecule has 0 aromatic heterocycles. The summed E-state index contributed by atoms with van der Waals surface area (Å²) in [5, 5.41) is 3.79. The summed E-state index contributed by atoms with van der Waals surface area (Å²) in [6.07, 6.45) is 10.1. The van der Waals surface area contributed by atoms with Gasteiger partial charge in [0, 0.05) is 18.1 Å². The average molecular weight is 250 g/mol. The number of nitrogens with zero attached hydrogens (tertiary/aromatic N) is 1. The van der Waals surface area contributed by atoms with E-state index in [4.69, 9.17) is 0 Å². The molecule has 2 heteroatoms. The van der Waals surface area contributed by atoms with E-state index in [1.807, 2.05) is 0 Å². The molecule has 0 aromatic carbocycles. The van der Waals surface area contributed by atoms with Crippen molar-refractivity contribution in [2.24, 2.45) is 11.8 Å². The molecule has 2 saturated carbocycles. The topological polar surface area (TPSA) is 15.3 Å². The van der Waals surface area contributed by atoms with E-state index in [0.29, 0.717) is 6.04 Å². The summed E-state index contributed by atoms with van der Waals surface area (Å²) in [5.74, 6) is 2.14. The van der Waals surface area contributed by atoms with Crippen LogP contribution in [0.25, 0.3) is 0 Å². The van der Waals surface area contributed by atoms with E-state index in [-0.39, 0.29) is 0 Å². The van der Waals surface area contributed by atoms with Gasteiger partial charge < -0.3 is 5.32 Å². The van der Waals surface area contributed by atoms with Crippen LogP contribution in [0.1, 0.15) is 58.8 Å². The Labute approximate surface area is 113 Å². The molecule has 2 aliphatic carbocycles. The van der Waals surface area contributed by atoms with E-state index >= 15 is 0 Å². The summed E-state index contributed by atoms with van der Waals surface area (Å²) in [5.41, 5.74) is 0. The third kappa shape index (κ3) is 3.08. The quantitative estimate of drug-likeness (QED) is 0.825. The molecule has 0 radical (unpaired) electrons. The van der Waals surface area contributed by atoms with Crippen molar-refractivity contribution >= 4 is 0 Å². The molecule has 1 saturated heterocycles. The fourth-order valence-electron chi connectivity index (χ4n) is 3.84. The molecular weight excluding hydrogens is 220 g/mol. The van der Waals surface area contributed by atoms with Crippen LogP contribution in [-0.2, 0) is 0 Å². The van der Waals surface area contributed by atoms with E-state index in [1.165, 1.54) is 58.0 Å². The Hall–Kier alpha value is -0.0800. The number of hydrogen-bond donors (Lipinski definition) is 1. The largest absolute Gasteiger partial charge is 0.311 e. The molecule has 0 bridgehead atoms. The maximum Gasteiger partial charge on any atom is 0.0152 e. The van der Waals surface area contributed by atoms with Gasteiger partial charge in [-0.25, -0.2) is 0 Å². The number of nitrogens with one attached hydrogen (secondary N) is 1. The summed E-state index contributed by atoms with van der Waals surface area (Å²) in [7, 11) is 0. The van der Waals surface area contributed by atoms with Crippen molar-refractivity contribution in [2.45, 2.75) is 76.9 Å². The lowest BCUT2D eigenvalue weighted by molar-refractivity contribution is 0.128.